The minimum absolute atomic E-state index is 0.285. The molecule has 0 spiro atoms. The number of aliphatic hydroxyl groups is 1. The summed E-state index contributed by atoms with van der Waals surface area (Å²) in [5.41, 5.74) is 0.752. The van der Waals surface area contributed by atoms with Gasteiger partial charge in [0.2, 0.25) is 0 Å². The first kappa shape index (κ1) is 11.7. The van der Waals surface area contributed by atoms with Crippen LogP contribution in [0.5, 0.6) is 0 Å². The minimum atomic E-state index is -1.18. The number of carboxylic acid groups (broad SMARTS) is 1. The smallest absolute Gasteiger partial charge is 0.309 e. The quantitative estimate of drug-likeness (QED) is 0.804. The molecule has 0 aliphatic heterocycles. The first-order chi connectivity index (χ1) is 6.93. The van der Waals surface area contributed by atoms with E-state index in [1.165, 1.54) is 25.1 Å². The third-order valence-corrected chi connectivity index (χ3v) is 2.40. The maximum absolute atomic E-state index is 13.1. The van der Waals surface area contributed by atoms with Crippen LogP contribution in [0.3, 0.4) is 0 Å². The van der Waals surface area contributed by atoms with Crippen LogP contribution >= 0.6 is 0 Å². The molecule has 0 aromatic heterocycles. The molecule has 3 nitrogen and oxygen atoms in total. The highest BCUT2D eigenvalue weighted by molar-refractivity contribution is 5.70. The first-order valence-corrected chi connectivity index (χ1v) is 4.60. The lowest BCUT2D eigenvalue weighted by molar-refractivity contribution is -0.145. The summed E-state index contributed by atoms with van der Waals surface area (Å²) in [6.45, 7) is 2.98. The molecule has 0 fully saturated rings. The number of carbonyl (C=O) groups is 1. The summed E-state index contributed by atoms with van der Waals surface area (Å²) in [6.07, 6.45) is -1.18. The highest BCUT2D eigenvalue weighted by atomic mass is 19.1. The number of halogens is 1. The molecule has 1 aromatic rings. The highest BCUT2D eigenvalue weighted by Gasteiger charge is 2.23. The molecule has 0 heterocycles. The van der Waals surface area contributed by atoms with Crippen molar-refractivity contribution in [1.29, 1.82) is 0 Å². The largest absolute Gasteiger partial charge is 0.481 e. The fourth-order valence-electron chi connectivity index (χ4n) is 1.22. The van der Waals surface area contributed by atoms with Crippen molar-refractivity contribution in [2.24, 2.45) is 5.92 Å². The summed E-state index contributed by atoms with van der Waals surface area (Å²) in [7, 11) is 0. The van der Waals surface area contributed by atoms with Gasteiger partial charge in [-0.3, -0.25) is 4.79 Å². The molecule has 2 N–H and O–H groups in total. The zero-order chi connectivity index (χ0) is 11.6. The van der Waals surface area contributed by atoms with Gasteiger partial charge < -0.3 is 10.2 Å². The molecule has 4 heteroatoms. The van der Waals surface area contributed by atoms with Crippen molar-refractivity contribution >= 4 is 5.97 Å². The van der Waals surface area contributed by atoms with Gasteiger partial charge in [-0.05, 0) is 31.0 Å². The van der Waals surface area contributed by atoms with E-state index in [0.29, 0.717) is 5.56 Å². The Morgan fingerprint density at radius 1 is 1.47 bits per heavy atom. The lowest BCUT2D eigenvalue weighted by Crippen LogP contribution is -2.18. The summed E-state index contributed by atoms with van der Waals surface area (Å²) < 4.78 is 13.1. The number of aryl methyl sites for hydroxylation is 1. The van der Waals surface area contributed by atoms with Crippen LogP contribution in [0.15, 0.2) is 18.2 Å². The molecule has 1 rings (SSSR count). The summed E-state index contributed by atoms with van der Waals surface area (Å²) in [5.74, 6) is -2.50. The molecule has 0 saturated carbocycles. The number of benzene rings is 1. The van der Waals surface area contributed by atoms with E-state index in [0.717, 1.165) is 0 Å². The van der Waals surface area contributed by atoms with Crippen molar-refractivity contribution < 1.29 is 19.4 Å². The number of aliphatic carboxylic acids is 1. The molecule has 0 saturated heterocycles. The van der Waals surface area contributed by atoms with E-state index in [9.17, 15) is 14.3 Å². The fourth-order valence-corrected chi connectivity index (χ4v) is 1.22. The second-order valence-electron chi connectivity index (χ2n) is 3.58. The molecule has 0 bridgehead atoms. The number of hydrogen-bond donors (Lipinski definition) is 2. The van der Waals surface area contributed by atoms with Crippen molar-refractivity contribution in [2.75, 3.05) is 0 Å². The van der Waals surface area contributed by atoms with Crippen molar-refractivity contribution in [3.05, 3.63) is 35.1 Å². The van der Waals surface area contributed by atoms with Crippen LogP contribution in [0.25, 0.3) is 0 Å². The molecule has 2 atom stereocenters. The monoisotopic (exact) mass is 212 g/mol. The Kier molecular flexibility index (Phi) is 3.42. The Morgan fingerprint density at radius 2 is 2.07 bits per heavy atom. The Labute approximate surface area is 87.2 Å². The molecule has 0 aliphatic rings. The molecule has 0 amide bonds. The third-order valence-electron chi connectivity index (χ3n) is 2.40. The Morgan fingerprint density at radius 3 is 2.53 bits per heavy atom. The lowest BCUT2D eigenvalue weighted by atomic mass is 9.97. The Bertz CT molecular complexity index is 376. The molecular weight excluding hydrogens is 199 g/mol. The van der Waals surface area contributed by atoms with Crippen LogP contribution in [0.4, 0.5) is 4.39 Å². The predicted octanol–water partition coefficient (Wildman–Crippen LogP) is 1.89. The van der Waals surface area contributed by atoms with Crippen molar-refractivity contribution in [3.63, 3.8) is 0 Å². The molecule has 2 unspecified atom stereocenters. The highest BCUT2D eigenvalue weighted by Crippen LogP contribution is 2.23. The standard InChI is InChI=1S/C11H13FO3/c1-6-3-4-8(5-9(6)12)10(13)7(2)11(14)15/h3-5,7,10,13H,1-2H3,(H,14,15). The second-order valence-corrected chi connectivity index (χ2v) is 3.58. The molecule has 0 radical (unpaired) electrons. The average molecular weight is 212 g/mol. The van der Waals surface area contributed by atoms with Gasteiger partial charge in [-0.1, -0.05) is 12.1 Å². The number of carboxylic acids is 1. The van der Waals surface area contributed by atoms with E-state index in [1.54, 1.807) is 6.92 Å². The molecule has 15 heavy (non-hydrogen) atoms. The Hall–Kier alpha value is -1.42. The number of rotatable bonds is 3. The van der Waals surface area contributed by atoms with E-state index in [-0.39, 0.29) is 5.56 Å². The van der Waals surface area contributed by atoms with Gasteiger partial charge in [-0.25, -0.2) is 4.39 Å². The summed E-state index contributed by atoms with van der Waals surface area (Å²) >= 11 is 0. The van der Waals surface area contributed by atoms with E-state index in [2.05, 4.69) is 0 Å². The van der Waals surface area contributed by atoms with Crippen molar-refractivity contribution in [2.45, 2.75) is 20.0 Å². The third kappa shape index (κ3) is 2.53. The summed E-state index contributed by atoms with van der Waals surface area (Å²) in [5, 5.41) is 18.3. The van der Waals surface area contributed by atoms with Crippen LogP contribution in [-0.2, 0) is 4.79 Å². The Balaban J connectivity index is 2.96. The van der Waals surface area contributed by atoms with Gasteiger partial charge in [0.1, 0.15) is 5.82 Å². The first-order valence-electron chi connectivity index (χ1n) is 4.60. The van der Waals surface area contributed by atoms with Crippen LogP contribution in [0.1, 0.15) is 24.2 Å². The fraction of sp³-hybridized carbons (Fsp3) is 0.364. The van der Waals surface area contributed by atoms with E-state index in [4.69, 9.17) is 5.11 Å². The molecule has 82 valence electrons. The van der Waals surface area contributed by atoms with E-state index >= 15 is 0 Å². The number of aliphatic hydroxyl groups excluding tert-OH is 1. The number of hydrogen-bond acceptors (Lipinski definition) is 2. The van der Waals surface area contributed by atoms with Crippen LogP contribution in [0.2, 0.25) is 0 Å². The average Bonchev–Trinajstić information content (AvgIpc) is 2.19. The zero-order valence-corrected chi connectivity index (χ0v) is 8.57. The topological polar surface area (TPSA) is 57.5 Å². The van der Waals surface area contributed by atoms with Gasteiger partial charge in [-0.2, -0.15) is 0 Å². The van der Waals surface area contributed by atoms with Crippen LogP contribution in [0, 0.1) is 18.7 Å². The normalized spacial score (nSPS) is 14.7. The van der Waals surface area contributed by atoms with E-state index < -0.39 is 23.8 Å². The van der Waals surface area contributed by atoms with Crippen molar-refractivity contribution in [3.8, 4) is 0 Å². The van der Waals surface area contributed by atoms with Crippen LogP contribution < -0.4 is 0 Å². The van der Waals surface area contributed by atoms with Gasteiger partial charge in [-0.15, -0.1) is 0 Å². The van der Waals surface area contributed by atoms with Gasteiger partial charge in [0, 0.05) is 0 Å². The van der Waals surface area contributed by atoms with Gasteiger partial charge in [0.05, 0.1) is 12.0 Å². The van der Waals surface area contributed by atoms with Crippen LogP contribution in [-0.4, -0.2) is 16.2 Å². The zero-order valence-electron chi connectivity index (χ0n) is 8.57. The molecule has 0 aliphatic carbocycles. The maximum atomic E-state index is 13.1. The van der Waals surface area contributed by atoms with Gasteiger partial charge in [0.25, 0.3) is 0 Å². The summed E-state index contributed by atoms with van der Waals surface area (Å²) in [6, 6.07) is 4.21. The minimum Gasteiger partial charge on any atom is -0.481 e. The molecular formula is C11H13FO3. The lowest BCUT2D eigenvalue weighted by Gasteiger charge is -2.15. The van der Waals surface area contributed by atoms with Crippen molar-refractivity contribution in [1.82, 2.24) is 0 Å². The summed E-state index contributed by atoms with van der Waals surface area (Å²) in [4.78, 5) is 10.6. The van der Waals surface area contributed by atoms with Gasteiger partial charge >= 0.3 is 5.97 Å². The molecule has 1 aromatic carbocycles. The predicted molar refractivity (Wildman–Crippen MR) is 52.9 cm³/mol. The second kappa shape index (κ2) is 4.40. The maximum Gasteiger partial charge on any atom is 0.309 e. The SMILES string of the molecule is Cc1ccc(C(O)C(C)C(=O)O)cc1F. The van der Waals surface area contributed by atoms with Gasteiger partial charge in [0.15, 0.2) is 0 Å². The van der Waals surface area contributed by atoms with E-state index in [1.807, 2.05) is 0 Å².